The molecule has 0 aliphatic carbocycles. The molecule has 0 bridgehead atoms. The van der Waals surface area contributed by atoms with Crippen LogP contribution < -0.4 is 12.4 Å². The number of hydrogen-bond acceptors (Lipinski definition) is 4. The Morgan fingerprint density at radius 1 is 0.636 bits per heavy atom. The predicted molar refractivity (Wildman–Crippen MR) is 151 cm³/mol. The quantitative estimate of drug-likeness (QED) is 0.286. The van der Waals surface area contributed by atoms with Crippen LogP contribution in [0.3, 0.4) is 0 Å². The standard InChI is InChI=1S/C12H24N2Si.C10H21ClN2Si.C2H3.ClH.Mg/c1-8-15-13(11(2,3)4)9-10-14(15)12(5,6)7;1-9(2,3)12-7-8-13(14(12)11)10(4,5)6;1-2;;/h8-10,15H,1H2,2-7H3;7-8,14H,1-6H3;1H,2H2;1H;/q;;-1;;+2/p-1. The van der Waals surface area contributed by atoms with Crippen LogP contribution in [0.2, 0.25) is 0 Å². The number of nitrogens with zero attached hydrogens (tertiary/aromatic N) is 4. The van der Waals surface area contributed by atoms with Gasteiger partial charge in [0.15, 0.2) is 0 Å². The maximum absolute atomic E-state index is 6.54. The topological polar surface area (TPSA) is 13.0 Å². The fraction of sp³-hybridized carbons (Fsp3) is 0.667. The van der Waals surface area contributed by atoms with Crippen LogP contribution in [-0.2, 0) is 0 Å². The molecule has 2 rings (SSSR count). The van der Waals surface area contributed by atoms with Gasteiger partial charge < -0.3 is 37.2 Å². The van der Waals surface area contributed by atoms with Gasteiger partial charge in [-0.1, -0.05) is 5.70 Å². The number of halogens is 2. The Bertz CT molecular complexity index is 599. The Morgan fingerprint density at radius 2 is 0.848 bits per heavy atom. The second-order valence-electron chi connectivity index (χ2n) is 11.9. The third-order valence-corrected chi connectivity index (χ3v) is 12.6. The van der Waals surface area contributed by atoms with E-state index < -0.39 is 17.5 Å². The van der Waals surface area contributed by atoms with E-state index in [9.17, 15) is 0 Å². The monoisotopic (exact) mass is 542 g/mol. The van der Waals surface area contributed by atoms with Gasteiger partial charge in [0.2, 0.25) is 0 Å². The molecule has 0 spiro atoms. The molecule has 0 radical (unpaired) electrons. The Hall–Kier alpha value is -0.0600. The Kier molecular flexibility index (Phi) is 15.8. The van der Waals surface area contributed by atoms with Crippen molar-refractivity contribution in [2.75, 3.05) is 0 Å². The number of rotatable bonds is 1. The molecule has 0 atom stereocenters. The van der Waals surface area contributed by atoms with E-state index in [1.54, 1.807) is 0 Å². The zero-order valence-corrected chi connectivity index (χ0v) is 28.5. The fourth-order valence-corrected chi connectivity index (χ4v) is 10.4. The van der Waals surface area contributed by atoms with Crippen LogP contribution >= 0.6 is 11.1 Å². The molecular formula is C24H48Cl2MgN4Si2. The van der Waals surface area contributed by atoms with Crippen LogP contribution in [0.15, 0.2) is 43.7 Å². The molecule has 0 aromatic heterocycles. The Morgan fingerprint density at radius 3 is 1.00 bits per heavy atom. The molecule has 0 N–H and O–H groups in total. The molecule has 0 aromatic rings. The molecule has 2 aliphatic rings. The molecule has 0 saturated carbocycles. The molecule has 4 nitrogen and oxygen atoms in total. The van der Waals surface area contributed by atoms with E-state index in [0.29, 0.717) is 0 Å². The first-order valence-electron chi connectivity index (χ1n) is 11.0. The first kappa shape index (κ1) is 37.5. The summed E-state index contributed by atoms with van der Waals surface area (Å²) >= 11 is 6.54. The normalized spacial score (nSPS) is 17.0. The fourth-order valence-electron chi connectivity index (χ4n) is 3.43. The number of hydrogen-bond donors (Lipinski definition) is 0. The van der Waals surface area contributed by atoms with Crippen LogP contribution in [0.4, 0.5) is 0 Å². The summed E-state index contributed by atoms with van der Waals surface area (Å²) in [6.07, 6.45) is 8.72. The van der Waals surface area contributed by atoms with Crippen LogP contribution in [0.25, 0.3) is 0 Å². The molecule has 2 aliphatic heterocycles. The van der Waals surface area contributed by atoms with Gasteiger partial charge in [0.05, 0.1) is 0 Å². The first-order valence-corrected chi connectivity index (χ1v) is 15.5. The molecular weight excluding hydrogens is 496 g/mol. The predicted octanol–water partition coefficient (Wildman–Crippen LogP) is 2.47. The summed E-state index contributed by atoms with van der Waals surface area (Å²) in [7, 11) is -2.72. The second kappa shape index (κ2) is 13.9. The van der Waals surface area contributed by atoms with Gasteiger partial charge in [0.25, 0.3) is 9.12 Å². The van der Waals surface area contributed by atoms with Gasteiger partial charge in [-0.05, 0) is 83.1 Å². The molecule has 0 amide bonds. The van der Waals surface area contributed by atoms with Crippen molar-refractivity contribution in [1.29, 1.82) is 0 Å². The minimum absolute atomic E-state index is 0. The Balaban J connectivity index is -0.000000481. The largest absolute Gasteiger partial charge is 2.00 e. The van der Waals surface area contributed by atoms with Crippen molar-refractivity contribution in [3.63, 3.8) is 0 Å². The van der Waals surface area contributed by atoms with Crippen molar-refractivity contribution < 1.29 is 12.4 Å². The van der Waals surface area contributed by atoms with Crippen LogP contribution in [0.5, 0.6) is 0 Å². The van der Waals surface area contributed by atoms with E-state index in [-0.39, 0.29) is 57.6 Å². The zero-order valence-electron chi connectivity index (χ0n) is 23.3. The van der Waals surface area contributed by atoms with Gasteiger partial charge in [-0.25, -0.2) is 0 Å². The minimum Gasteiger partial charge on any atom is -1.00 e. The van der Waals surface area contributed by atoms with Crippen molar-refractivity contribution in [2.24, 2.45) is 0 Å². The Labute approximate surface area is 236 Å². The molecule has 0 unspecified atom stereocenters. The van der Waals surface area contributed by atoms with Crippen molar-refractivity contribution in [3.05, 3.63) is 50.2 Å². The summed E-state index contributed by atoms with van der Waals surface area (Å²) in [5.74, 6) is 0. The smallest absolute Gasteiger partial charge is 1.00 e. The average molecular weight is 544 g/mol. The van der Waals surface area contributed by atoms with Crippen molar-refractivity contribution >= 4 is 51.7 Å². The van der Waals surface area contributed by atoms with E-state index in [1.807, 2.05) is 0 Å². The third-order valence-electron chi connectivity index (χ3n) is 5.11. The van der Waals surface area contributed by atoms with Gasteiger partial charge in [-0.3, -0.25) is 6.58 Å². The molecule has 0 fully saturated rings. The summed E-state index contributed by atoms with van der Waals surface area (Å²) in [5.41, 5.74) is 2.81. The minimum atomic E-state index is -1.50. The van der Waals surface area contributed by atoms with Crippen LogP contribution in [-0.4, -0.2) is 81.0 Å². The summed E-state index contributed by atoms with van der Waals surface area (Å²) in [4.78, 5) is 0. The molecule has 33 heavy (non-hydrogen) atoms. The zero-order chi connectivity index (χ0) is 25.0. The molecule has 2 heterocycles. The van der Waals surface area contributed by atoms with Crippen molar-refractivity contribution in [2.45, 2.75) is 105 Å². The van der Waals surface area contributed by atoms with Gasteiger partial charge in [0.1, 0.15) is 0 Å². The van der Waals surface area contributed by atoms with Gasteiger partial charge >= 0.3 is 31.5 Å². The molecule has 188 valence electrons. The SMILES string of the molecule is C=C[SiH]1N(C(C)(C)C)C=CN1C(C)(C)C.CC(C)(C)N1C=CN(C(C)(C)C)[SiH]1Cl.[CH-]=C.[Cl-].[Mg+2]. The van der Waals surface area contributed by atoms with Crippen LogP contribution in [0.1, 0.15) is 83.1 Å². The first-order chi connectivity index (χ1) is 13.8. The van der Waals surface area contributed by atoms with E-state index in [2.05, 4.69) is 152 Å². The molecule has 0 saturated heterocycles. The molecule has 9 heteroatoms. The molecule has 0 aromatic carbocycles. The maximum atomic E-state index is 6.54. The third kappa shape index (κ3) is 10.6. The van der Waals surface area contributed by atoms with E-state index in [1.165, 1.54) is 0 Å². The van der Waals surface area contributed by atoms with Crippen molar-refractivity contribution in [1.82, 2.24) is 18.3 Å². The maximum Gasteiger partial charge on any atom is 2.00 e. The van der Waals surface area contributed by atoms with Gasteiger partial charge in [-0.15, -0.1) is 17.7 Å². The summed E-state index contributed by atoms with van der Waals surface area (Å²) in [6.45, 7) is 37.8. The van der Waals surface area contributed by atoms with E-state index in [4.69, 9.17) is 11.1 Å². The summed E-state index contributed by atoms with van der Waals surface area (Å²) < 4.78 is 9.57. The summed E-state index contributed by atoms with van der Waals surface area (Å²) in [5, 5.41) is 0. The van der Waals surface area contributed by atoms with E-state index >= 15 is 0 Å². The van der Waals surface area contributed by atoms with Crippen molar-refractivity contribution in [3.8, 4) is 0 Å². The van der Waals surface area contributed by atoms with E-state index in [0.717, 1.165) is 0 Å². The average Bonchev–Trinajstić information content (AvgIpc) is 3.18. The second-order valence-corrected chi connectivity index (χ2v) is 17.2. The van der Waals surface area contributed by atoms with Gasteiger partial charge in [-0.2, -0.15) is 0 Å². The van der Waals surface area contributed by atoms with Gasteiger partial charge in [0, 0.05) is 47.0 Å². The summed E-state index contributed by atoms with van der Waals surface area (Å²) in [6, 6.07) is 0. The van der Waals surface area contributed by atoms with Crippen LogP contribution in [0, 0.1) is 6.58 Å².